The molecule has 1 aromatic heterocycles. The van der Waals surface area contributed by atoms with E-state index in [2.05, 4.69) is 10.4 Å². The van der Waals surface area contributed by atoms with E-state index >= 15 is 0 Å². The predicted molar refractivity (Wildman–Crippen MR) is 101 cm³/mol. The first-order valence-corrected chi connectivity index (χ1v) is 9.95. The highest BCUT2D eigenvalue weighted by atomic mass is 35.5. The molecule has 0 saturated carbocycles. The molecule has 1 amide bonds. The van der Waals surface area contributed by atoms with Crippen LogP contribution < -0.4 is 5.32 Å². The highest BCUT2D eigenvalue weighted by molar-refractivity contribution is 7.90. The molecule has 0 bridgehead atoms. The van der Waals surface area contributed by atoms with Crippen LogP contribution in [0.1, 0.15) is 16.1 Å². The lowest BCUT2D eigenvalue weighted by atomic mass is 10.2. The van der Waals surface area contributed by atoms with Crippen LogP contribution in [0, 0.1) is 6.92 Å². The fourth-order valence-electron chi connectivity index (χ4n) is 2.41. The van der Waals surface area contributed by atoms with E-state index in [-0.39, 0.29) is 10.8 Å². The van der Waals surface area contributed by atoms with Crippen molar-refractivity contribution in [2.45, 2.75) is 11.8 Å². The zero-order chi connectivity index (χ0) is 18.9. The van der Waals surface area contributed by atoms with Crippen molar-refractivity contribution in [3.8, 4) is 5.69 Å². The van der Waals surface area contributed by atoms with Crippen molar-refractivity contribution in [1.82, 2.24) is 9.78 Å². The third-order valence-corrected chi connectivity index (χ3v) is 5.07. The van der Waals surface area contributed by atoms with Crippen molar-refractivity contribution in [1.29, 1.82) is 0 Å². The van der Waals surface area contributed by atoms with Gasteiger partial charge in [0.25, 0.3) is 5.91 Å². The van der Waals surface area contributed by atoms with Gasteiger partial charge in [0.2, 0.25) is 0 Å². The van der Waals surface area contributed by atoms with E-state index in [4.69, 9.17) is 11.6 Å². The second-order valence-corrected chi connectivity index (χ2v) is 8.26. The van der Waals surface area contributed by atoms with Gasteiger partial charge >= 0.3 is 0 Å². The molecule has 3 rings (SSSR count). The maximum Gasteiger partial charge on any atom is 0.256 e. The molecule has 0 spiro atoms. The zero-order valence-electron chi connectivity index (χ0n) is 14.1. The highest BCUT2D eigenvalue weighted by Gasteiger charge is 2.14. The Morgan fingerprint density at radius 3 is 2.27 bits per heavy atom. The average molecular weight is 390 g/mol. The maximum absolute atomic E-state index is 12.5. The molecule has 0 aliphatic rings. The molecule has 1 heterocycles. The van der Waals surface area contributed by atoms with Gasteiger partial charge in [0.15, 0.2) is 9.84 Å². The Balaban J connectivity index is 1.87. The lowest BCUT2D eigenvalue weighted by Crippen LogP contribution is -2.15. The van der Waals surface area contributed by atoms with Gasteiger partial charge < -0.3 is 5.32 Å². The molecule has 0 aliphatic heterocycles. The fourth-order valence-corrected chi connectivity index (χ4v) is 3.17. The van der Waals surface area contributed by atoms with E-state index < -0.39 is 9.84 Å². The normalized spacial score (nSPS) is 11.3. The highest BCUT2D eigenvalue weighted by Crippen LogP contribution is 2.20. The molecule has 8 heteroatoms. The van der Waals surface area contributed by atoms with Crippen LogP contribution >= 0.6 is 11.6 Å². The second kappa shape index (κ2) is 6.93. The second-order valence-electron chi connectivity index (χ2n) is 5.81. The number of nitrogens with one attached hydrogen (secondary N) is 1. The number of aryl methyl sites for hydroxylation is 1. The molecule has 3 aromatic rings. The smallest absolute Gasteiger partial charge is 0.256 e. The standard InChI is InChI=1S/C18H16ClN3O3S/c1-12-11-17(22(21-12)15-7-5-14(19)6-8-15)20-18(23)13-3-9-16(10-4-13)26(2,24)25/h3-11H,1-2H3,(H,20,23). The van der Waals surface area contributed by atoms with Crippen molar-refractivity contribution >= 4 is 33.2 Å². The number of halogens is 1. The minimum atomic E-state index is -3.30. The monoisotopic (exact) mass is 389 g/mol. The number of sulfone groups is 1. The quantitative estimate of drug-likeness (QED) is 0.740. The van der Waals surface area contributed by atoms with E-state index in [1.54, 1.807) is 35.0 Å². The van der Waals surface area contributed by atoms with Crippen LogP contribution in [0.3, 0.4) is 0 Å². The lowest BCUT2D eigenvalue weighted by Gasteiger charge is -2.09. The molecule has 0 saturated heterocycles. The predicted octanol–water partition coefficient (Wildman–Crippen LogP) is 3.49. The molecule has 0 atom stereocenters. The van der Waals surface area contributed by atoms with Crippen LogP contribution in [0.25, 0.3) is 5.69 Å². The number of amides is 1. The fraction of sp³-hybridized carbons (Fsp3) is 0.111. The summed E-state index contributed by atoms with van der Waals surface area (Å²) in [7, 11) is -3.30. The first-order valence-electron chi connectivity index (χ1n) is 7.68. The summed E-state index contributed by atoms with van der Waals surface area (Å²) < 4.78 is 24.6. The third kappa shape index (κ3) is 3.95. The molecule has 2 aromatic carbocycles. The Morgan fingerprint density at radius 1 is 1.08 bits per heavy atom. The van der Waals surface area contributed by atoms with Gasteiger partial charge in [0.05, 0.1) is 16.3 Å². The summed E-state index contributed by atoms with van der Waals surface area (Å²) in [5.74, 6) is 0.141. The van der Waals surface area contributed by atoms with Gasteiger partial charge in [0.1, 0.15) is 5.82 Å². The van der Waals surface area contributed by atoms with E-state index in [1.165, 1.54) is 24.3 Å². The number of anilines is 1. The van der Waals surface area contributed by atoms with Crippen LogP contribution in [0.5, 0.6) is 0 Å². The molecule has 0 radical (unpaired) electrons. The number of hydrogen-bond acceptors (Lipinski definition) is 4. The first kappa shape index (κ1) is 18.2. The van der Waals surface area contributed by atoms with Crippen LogP contribution in [0.4, 0.5) is 5.82 Å². The lowest BCUT2D eigenvalue weighted by molar-refractivity contribution is 0.102. The molecule has 0 aliphatic carbocycles. The van der Waals surface area contributed by atoms with Crippen LogP contribution in [0.2, 0.25) is 5.02 Å². The summed E-state index contributed by atoms with van der Waals surface area (Å²) in [5.41, 5.74) is 1.84. The zero-order valence-corrected chi connectivity index (χ0v) is 15.7. The summed E-state index contributed by atoms with van der Waals surface area (Å²) in [4.78, 5) is 12.7. The molecule has 134 valence electrons. The van der Waals surface area contributed by atoms with E-state index in [0.717, 1.165) is 17.6 Å². The minimum absolute atomic E-state index is 0.163. The van der Waals surface area contributed by atoms with Gasteiger partial charge in [0, 0.05) is 22.9 Å². The molecule has 1 N–H and O–H groups in total. The van der Waals surface area contributed by atoms with E-state index in [0.29, 0.717) is 16.4 Å². The van der Waals surface area contributed by atoms with Crippen LogP contribution in [0.15, 0.2) is 59.5 Å². The van der Waals surface area contributed by atoms with Gasteiger partial charge in [-0.3, -0.25) is 4.79 Å². The number of carbonyl (C=O) groups is 1. The number of carbonyl (C=O) groups excluding carboxylic acids is 1. The summed E-state index contributed by atoms with van der Waals surface area (Å²) >= 11 is 5.91. The SMILES string of the molecule is Cc1cc(NC(=O)c2ccc(S(C)(=O)=O)cc2)n(-c2ccc(Cl)cc2)n1. The molecular formula is C18H16ClN3O3S. The first-order chi connectivity index (χ1) is 12.2. The molecular weight excluding hydrogens is 374 g/mol. The van der Waals surface area contributed by atoms with E-state index in [1.807, 2.05) is 6.92 Å². The average Bonchev–Trinajstić information content (AvgIpc) is 2.95. The van der Waals surface area contributed by atoms with Crippen molar-refractivity contribution in [3.05, 3.63) is 70.9 Å². The Morgan fingerprint density at radius 2 is 1.69 bits per heavy atom. The maximum atomic E-state index is 12.5. The van der Waals surface area contributed by atoms with Crippen LogP contribution in [-0.2, 0) is 9.84 Å². The van der Waals surface area contributed by atoms with Crippen molar-refractivity contribution in [2.75, 3.05) is 11.6 Å². The van der Waals surface area contributed by atoms with Crippen molar-refractivity contribution < 1.29 is 13.2 Å². The van der Waals surface area contributed by atoms with Gasteiger partial charge in [-0.1, -0.05) is 11.6 Å². The summed E-state index contributed by atoms with van der Waals surface area (Å²) in [6.07, 6.45) is 1.12. The van der Waals surface area contributed by atoms with Gasteiger partial charge in [-0.15, -0.1) is 0 Å². The molecule has 0 fully saturated rings. The van der Waals surface area contributed by atoms with Crippen molar-refractivity contribution in [2.24, 2.45) is 0 Å². The molecule has 26 heavy (non-hydrogen) atoms. The summed E-state index contributed by atoms with van der Waals surface area (Å²) in [5, 5.41) is 7.79. The third-order valence-electron chi connectivity index (χ3n) is 3.69. The van der Waals surface area contributed by atoms with Crippen molar-refractivity contribution in [3.63, 3.8) is 0 Å². The number of hydrogen-bond donors (Lipinski definition) is 1. The Bertz CT molecular complexity index is 1060. The number of rotatable bonds is 4. The van der Waals surface area contributed by atoms with E-state index in [9.17, 15) is 13.2 Å². The topological polar surface area (TPSA) is 81.1 Å². The Hall–Kier alpha value is -2.64. The largest absolute Gasteiger partial charge is 0.306 e. The molecule has 6 nitrogen and oxygen atoms in total. The van der Waals surface area contributed by atoms with Gasteiger partial charge in [-0.25, -0.2) is 13.1 Å². The number of aromatic nitrogens is 2. The van der Waals surface area contributed by atoms with Gasteiger partial charge in [-0.2, -0.15) is 5.10 Å². The summed E-state index contributed by atoms with van der Waals surface area (Å²) in [6, 6.07) is 14.6. The number of nitrogens with zero attached hydrogens (tertiary/aromatic N) is 2. The number of benzene rings is 2. The Kier molecular flexibility index (Phi) is 4.84. The van der Waals surface area contributed by atoms with Crippen LogP contribution in [-0.4, -0.2) is 30.4 Å². The minimum Gasteiger partial charge on any atom is -0.306 e. The summed E-state index contributed by atoms with van der Waals surface area (Å²) in [6.45, 7) is 1.82. The Labute approximate surface area is 156 Å². The molecule has 0 unspecified atom stereocenters. The van der Waals surface area contributed by atoms with Gasteiger partial charge in [-0.05, 0) is 55.5 Å².